The second-order valence-corrected chi connectivity index (χ2v) is 6.47. The number of alkyl halides is 3. The molecule has 0 unspecified atom stereocenters. The number of halogens is 3. The second kappa shape index (κ2) is 10.3. The topological polar surface area (TPSA) is 55.4 Å². The van der Waals surface area contributed by atoms with E-state index in [4.69, 9.17) is 39.5 Å². The number of rotatable bonds is 8. The molecule has 4 nitrogen and oxygen atoms in total. The minimum absolute atomic E-state index is 0.261. The van der Waals surface area contributed by atoms with Crippen LogP contribution in [0.4, 0.5) is 0 Å². The van der Waals surface area contributed by atoms with E-state index in [1.54, 1.807) is 6.92 Å². The minimum atomic E-state index is -2.06. The van der Waals surface area contributed by atoms with Crippen LogP contribution in [0.3, 0.4) is 0 Å². The molecule has 7 heteroatoms. The van der Waals surface area contributed by atoms with Gasteiger partial charge < -0.3 is 10.1 Å². The Labute approximate surface area is 134 Å². The molecule has 0 rings (SSSR count). The maximum atomic E-state index is 11.6. The molecule has 0 aliphatic rings. The predicted molar refractivity (Wildman–Crippen MR) is 81.9 cm³/mol. The molecule has 0 aromatic rings. The Balaban J connectivity index is 4.62. The SMILES string of the molecule is CCCCCC/C(=C\C(=O)OCC)NC(=O)C(Cl)(Cl)Cl. The van der Waals surface area contributed by atoms with Gasteiger partial charge in [-0.25, -0.2) is 4.79 Å². The molecular formula is C13H20Cl3NO3. The summed E-state index contributed by atoms with van der Waals surface area (Å²) in [7, 11) is 0. The molecule has 116 valence electrons. The average molecular weight is 345 g/mol. The summed E-state index contributed by atoms with van der Waals surface area (Å²) >= 11 is 16.5. The lowest BCUT2D eigenvalue weighted by molar-refractivity contribution is -0.137. The molecule has 0 fully saturated rings. The third-order valence-electron chi connectivity index (χ3n) is 2.41. The van der Waals surface area contributed by atoms with Crippen LogP contribution in [0, 0.1) is 0 Å². The first-order valence-corrected chi connectivity index (χ1v) is 7.70. The van der Waals surface area contributed by atoms with Crippen LogP contribution in [-0.4, -0.2) is 22.3 Å². The zero-order valence-corrected chi connectivity index (χ0v) is 13.9. The van der Waals surface area contributed by atoms with Crippen molar-refractivity contribution in [3.05, 3.63) is 11.8 Å². The third-order valence-corrected chi connectivity index (χ3v) is 2.92. The Bertz CT molecular complexity index is 351. The molecule has 0 aliphatic carbocycles. The lowest BCUT2D eigenvalue weighted by atomic mass is 10.1. The van der Waals surface area contributed by atoms with Crippen molar-refractivity contribution in [1.29, 1.82) is 0 Å². The molecule has 0 atom stereocenters. The van der Waals surface area contributed by atoms with Crippen molar-refractivity contribution in [3.63, 3.8) is 0 Å². The summed E-state index contributed by atoms with van der Waals surface area (Å²) in [5, 5.41) is 2.45. The van der Waals surface area contributed by atoms with Crippen LogP contribution in [0.15, 0.2) is 11.8 Å². The first-order valence-electron chi connectivity index (χ1n) is 6.56. The quantitative estimate of drug-likeness (QED) is 0.314. The standard InChI is InChI=1S/C13H20Cl3NO3/c1-3-5-6-7-8-10(9-11(18)20-4-2)17-12(19)13(14,15)16/h9H,3-8H2,1-2H3,(H,17,19)/b10-9+. The van der Waals surface area contributed by atoms with Gasteiger partial charge in [-0.05, 0) is 19.8 Å². The molecule has 0 aromatic heterocycles. The summed E-state index contributed by atoms with van der Waals surface area (Å²) in [4.78, 5) is 23.0. The van der Waals surface area contributed by atoms with Crippen molar-refractivity contribution < 1.29 is 14.3 Å². The molecule has 0 saturated heterocycles. The molecule has 0 heterocycles. The lowest BCUT2D eigenvalue weighted by Gasteiger charge is -2.14. The number of carbonyl (C=O) groups is 2. The Morgan fingerprint density at radius 1 is 1.15 bits per heavy atom. The monoisotopic (exact) mass is 343 g/mol. The summed E-state index contributed by atoms with van der Waals surface area (Å²) in [5.74, 6) is -1.31. The molecule has 20 heavy (non-hydrogen) atoms. The number of ether oxygens (including phenoxy) is 1. The van der Waals surface area contributed by atoms with Crippen molar-refractivity contribution in [2.24, 2.45) is 0 Å². The van der Waals surface area contributed by atoms with E-state index >= 15 is 0 Å². The maximum absolute atomic E-state index is 11.6. The average Bonchev–Trinajstić information content (AvgIpc) is 2.33. The Hall–Kier alpha value is -0.450. The van der Waals surface area contributed by atoms with Crippen molar-refractivity contribution in [2.45, 2.75) is 49.7 Å². The van der Waals surface area contributed by atoms with Crippen LogP contribution in [0.25, 0.3) is 0 Å². The fourth-order valence-electron chi connectivity index (χ4n) is 1.46. The number of hydrogen-bond acceptors (Lipinski definition) is 3. The van der Waals surface area contributed by atoms with Crippen molar-refractivity contribution >= 4 is 46.7 Å². The Morgan fingerprint density at radius 2 is 1.80 bits per heavy atom. The van der Waals surface area contributed by atoms with Crippen LogP contribution in [0.5, 0.6) is 0 Å². The van der Waals surface area contributed by atoms with Gasteiger partial charge in [-0.15, -0.1) is 0 Å². The van der Waals surface area contributed by atoms with Gasteiger partial charge in [0.1, 0.15) is 0 Å². The summed E-state index contributed by atoms with van der Waals surface area (Å²) < 4.78 is 2.74. The van der Waals surface area contributed by atoms with E-state index < -0.39 is 15.7 Å². The zero-order valence-electron chi connectivity index (χ0n) is 11.7. The highest BCUT2D eigenvalue weighted by Crippen LogP contribution is 2.26. The highest BCUT2D eigenvalue weighted by atomic mass is 35.6. The fourth-order valence-corrected chi connectivity index (χ4v) is 1.60. The summed E-state index contributed by atoms with van der Waals surface area (Å²) in [6.45, 7) is 4.06. The zero-order chi connectivity index (χ0) is 15.6. The first-order chi connectivity index (χ1) is 9.31. The minimum Gasteiger partial charge on any atom is -0.463 e. The fraction of sp³-hybridized carbons (Fsp3) is 0.692. The van der Waals surface area contributed by atoms with Gasteiger partial charge in [0.05, 0.1) is 6.61 Å². The van der Waals surface area contributed by atoms with Gasteiger partial charge in [0, 0.05) is 11.8 Å². The van der Waals surface area contributed by atoms with Gasteiger partial charge in [0.2, 0.25) is 0 Å². The molecular weight excluding hydrogens is 325 g/mol. The normalized spacial score (nSPS) is 12.2. The summed E-state index contributed by atoms with van der Waals surface area (Å²) in [6, 6.07) is 0. The number of nitrogens with one attached hydrogen (secondary N) is 1. The molecule has 1 N–H and O–H groups in total. The Morgan fingerprint density at radius 3 is 2.30 bits per heavy atom. The Kier molecular flexibility index (Phi) is 10.1. The number of amides is 1. The van der Waals surface area contributed by atoms with Crippen LogP contribution in [-0.2, 0) is 14.3 Å². The number of carbonyl (C=O) groups excluding carboxylic acids is 2. The predicted octanol–water partition coefficient (Wildman–Crippen LogP) is 3.89. The van der Waals surface area contributed by atoms with Crippen LogP contribution in [0.1, 0.15) is 46.0 Å². The number of unbranched alkanes of at least 4 members (excludes halogenated alkanes) is 3. The molecule has 0 aliphatic heterocycles. The van der Waals surface area contributed by atoms with E-state index in [0.717, 1.165) is 25.7 Å². The first kappa shape index (κ1) is 19.6. The molecule has 0 radical (unpaired) electrons. The van der Waals surface area contributed by atoms with Crippen molar-refractivity contribution in [2.75, 3.05) is 6.61 Å². The van der Waals surface area contributed by atoms with Crippen LogP contribution >= 0.6 is 34.8 Å². The van der Waals surface area contributed by atoms with E-state index in [1.165, 1.54) is 6.08 Å². The van der Waals surface area contributed by atoms with E-state index in [-0.39, 0.29) is 6.61 Å². The van der Waals surface area contributed by atoms with Gasteiger partial charge in [0.25, 0.3) is 9.70 Å². The van der Waals surface area contributed by atoms with Crippen LogP contribution in [0.2, 0.25) is 0 Å². The van der Waals surface area contributed by atoms with E-state index in [2.05, 4.69) is 12.2 Å². The van der Waals surface area contributed by atoms with Gasteiger partial charge >= 0.3 is 5.97 Å². The van der Waals surface area contributed by atoms with Crippen molar-refractivity contribution in [1.82, 2.24) is 5.32 Å². The smallest absolute Gasteiger partial charge is 0.332 e. The van der Waals surface area contributed by atoms with E-state index in [1.807, 2.05) is 0 Å². The largest absolute Gasteiger partial charge is 0.463 e. The van der Waals surface area contributed by atoms with Gasteiger partial charge in [-0.2, -0.15) is 0 Å². The van der Waals surface area contributed by atoms with Gasteiger partial charge in [-0.3, -0.25) is 4.79 Å². The molecule has 1 amide bonds. The number of hydrogen-bond donors (Lipinski definition) is 1. The maximum Gasteiger partial charge on any atom is 0.332 e. The van der Waals surface area contributed by atoms with E-state index in [9.17, 15) is 9.59 Å². The van der Waals surface area contributed by atoms with Gasteiger partial charge in [-0.1, -0.05) is 61.0 Å². The number of allylic oxidation sites excluding steroid dienone is 1. The van der Waals surface area contributed by atoms with E-state index in [0.29, 0.717) is 12.1 Å². The van der Waals surface area contributed by atoms with Crippen molar-refractivity contribution in [3.8, 4) is 0 Å². The highest BCUT2D eigenvalue weighted by Gasteiger charge is 2.31. The molecule has 0 bridgehead atoms. The lowest BCUT2D eigenvalue weighted by Crippen LogP contribution is -2.34. The van der Waals surface area contributed by atoms with Gasteiger partial charge in [0.15, 0.2) is 0 Å². The van der Waals surface area contributed by atoms with Crippen LogP contribution < -0.4 is 5.32 Å². The number of esters is 1. The summed E-state index contributed by atoms with van der Waals surface area (Å²) in [5.41, 5.74) is 0.399. The third kappa shape index (κ3) is 9.45. The summed E-state index contributed by atoms with van der Waals surface area (Å²) in [6.07, 6.45) is 5.76. The highest BCUT2D eigenvalue weighted by molar-refractivity contribution is 6.76. The molecule has 0 saturated carbocycles. The molecule has 0 aromatic carbocycles. The molecule has 0 spiro atoms. The second-order valence-electron chi connectivity index (χ2n) is 4.18.